The fourth-order valence-corrected chi connectivity index (χ4v) is 11.7. The first-order chi connectivity index (χ1) is 41.5. The maximum atomic E-state index is 13.1. The van der Waals surface area contributed by atoms with Gasteiger partial charge in [-0.05, 0) is 64.2 Å². The number of quaternary nitrogens is 1. The van der Waals surface area contributed by atoms with Crippen LogP contribution < -0.4 is 10.2 Å². The third kappa shape index (κ3) is 69.3. The SMILES string of the molecule is CC/C=C\C/C=C\C/C=C\C/C=C\C/C=C\CCCCCCCCCCCCCCCCCC(=O)NC(COP(=O)([O-])OCC[N+](C)(C)C)C(O)/C=C/CCCCCCCCCCCCCCCCCCCCCCCCCCCCCCCC. The van der Waals surface area contributed by atoms with Gasteiger partial charge in [0.15, 0.2) is 0 Å². The quantitative estimate of drug-likeness (QED) is 0.0272. The molecule has 0 saturated heterocycles. The number of carbonyl (C=O) groups is 1. The van der Waals surface area contributed by atoms with Crippen molar-refractivity contribution in [2.24, 2.45) is 0 Å². The molecule has 3 unspecified atom stereocenters. The van der Waals surface area contributed by atoms with Crippen molar-refractivity contribution in [2.75, 3.05) is 40.9 Å². The Hall–Kier alpha value is -2.06. The van der Waals surface area contributed by atoms with Gasteiger partial charge in [0.25, 0.3) is 7.82 Å². The molecule has 0 saturated carbocycles. The first-order valence-corrected chi connectivity index (χ1v) is 38.3. The zero-order valence-corrected chi connectivity index (χ0v) is 58.0. The largest absolute Gasteiger partial charge is 0.756 e. The summed E-state index contributed by atoms with van der Waals surface area (Å²) in [5, 5.41) is 14.0. The van der Waals surface area contributed by atoms with Crippen molar-refractivity contribution < 1.29 is 32.9 Å². The first kappa shape index (κ1) is 82.9. The summed E-state index contributed by atoms with van der Waals surface area (Å²) in [4.78, 5) is 25.7. The molecule has 0 spiro atoms. The van der Waals surface area contributed by atoms with Crippen LogP contribution >= 0.6 is 7.82 Å². The summed E-state index contributed by atoms with van der Waals surface area (Å²) in [6.07, 6.45) is 93.2. The van der Waals surface area contributed by atoms with Crippen LogP contribution in [-0.2, 0) is 18.4 Å². The summed E-state index contributed by atoms with van der Waals surface area (Å²) in [5.74, 6) is -0.194. The van der Waals surface area contributed by atoms with E-state index < -0.39 is 20.0 Å². The Bertz CT molecular complexity index is 1620. The van der Waals surface area contributed by atoms with E-state index in [1.54, 1.807) is 6.08 Å². The van der Waals surface area contributed by atoms with Crippen LogP contribution in [-0.4, -0.2) is 68.5 Å². The van der Waals surface area contributed by atoms with E-state index >= 15 is 0 Å². The van der Waals surface area contributed by atoms with Crippen LogP contribution in [0, 0.1) is 0 Å². The van der Waals surface area contributed by atoms with Crippen LogP contribution in [0.4, 0.5) is 0 Å². The van der Waals surface area contributed by atoms with Gasteiger partial charge in [0, 0.05) is 6.42 Å². The highest BCUT2D eigenvalue weighted by molar-refractivity contribution is 7.45. The highest BCUT2D eigenvalue weighted by atomic mass is 31.2. The molecule has 0 bridgehead atoms. The average Bonchev–Trinajstić information content (AvgIpc) is 3.49. The van der Waals surface area contributed by atoms with E-state index in [-0.39, 0.29) is 19.1 Å². The molecule has 0 rings (SSSR count). The minimum atomic E-state index is -4.61. The lowest BCUT2D eigenvalue weighted by molar-refractivity contribution is -0.870. The molecule has 3 atom stereocenters. The number of amides is 1. The van der Waals surface area contributed by atoms with Crippen LogP contribution in [0.3, 0.4) is 0 Å². The lowest BCUT2D eigenvalue weighted by Gasteiger charge is -2.29. The van der Waals surface area contributed by atoms with Gasteiger partial charge in [-0.1, -0.05) is 356 Å². The van der Waals surface area contributed by atoms with Crippen LogP contribution in [0.2, 0.25) is 0 Å². The van der Waals surface area contributed by atoms with Gasteiger partial charge in [0.1, 0.15) is 13.2 Å². The van der Waals surface area contributed by atoms with Crippen LogP contribution in [0.25, 0.3) is 0 Å². The second kappa shape index (κ2) is 66.4. The lowest BCUT2D eigenvalue weighted by atomic mass is 10.0. The number of rotatable bonds is 68. The number of unbranched alkanes of at least 4 members (excludes halogenated alkanes) is 45. The molecule has 0 fully saturated rings. The molecule has 0 aromatic carbocycles. The van der Waals surface area contributed by atoms with Gasteiger partial charge < -0.3 is 28.8 Å². The van der Waals surface area contributed by atoms with E-state index in [0.29, 0.717) is 17.4 Å². The molecule has 85 heavy (non-hydrogen) atoms. The van der Waals surface area contributed by atoms with Gasteiger partial charge in [-0.25, -0.2) is 0 Å². The Kier molecular flexibility index (Phi) is 64.8. The third-order valence-corrected chi connectivity index (χ3v) is 17.6. The van der Waals surface area contributed by atoms with Crippen LogP contribution in [0.5, 0.6) is 0 Å². The van der Waals surface area contributed by atoms with E-state index in [1.165, 1.54) is 263 Å². The highest BCUT2D eigenvalue weighted by Crippen LogP contribution is 2.38. The predicted molar refractivity (Wildman–Crippen MR) is 371 cm³/mol. The molecule has 9 heteroatoms. The van der Waals surface area contributed by atoms with Gasteiger partial charge in [-0.15, -0.1) is 0 Å². The smallest absolute Gasteiger partial charge is 0.268 e. The Morgan fingerprint density at radius 3 is 1.05 bits per heavy atom. The minimum absolute atomic E-state index is 0.00186. The molecule has 8 nitrogen and oxygen atoms in total. The molecule has 0 aliphatic heterocycles. The number of phosphoric ester groups is 1. The van der Waals surface area contributed by atoms with Gasteiger partial charge in [-0.2, -0.15) is 0 Å². The van der Waals surface area contributed by atoms with Crippen molar-refractivity contribution in [3.63, 3.8) is 0 Å². The maximum absolute atomic E-state index is 13.1. The van der Waals surface area contributed by atoms with Crippen molar-refractivity contribution in [1.82, 2.24) is 5.32 Å². The normalized spacial score (nSPS) is 14.0. The fraction of sp³-hybridized carbons (Fsp3) is 0.829. The zero-order valence-electron chi connectivity index (χ0n) is 57.1. The molecule has 498 valence electrons. The zero-order chi connectivity index (χ0) is 61.9. The summed E-state index contributed by atoms with van der Waals surface area (Å²) in [6.45, 7) is 4.58. The second-order valence-corrected chi connectivity index (χ2v) is 27.7. The van der Waals surface area contributed by atoms with Crippen LogP contribution in [0.15, 0.2) is 72.9 Å². The Labute approximate surface area is 529 Å². The molecule has 0 aromatic heterocycles. The number of aliphatic hydroxyl groups is 1. The lowest BCUT2D eigenvalue weighted by Crippen LogP contribution is -2.45. The summed E-state index contributed by atoms with van der Waals surface area (Å²) in [6, 6.07) is -0.892. The Morgan fingerprint density at radius 1 is 0.424 bits per heavy atom. The van der Waals surface area contributed by atoms with Crippen molar-refractivity contribution in [3.8, 4) is 0 Å². The number of phosphoric acid groups is 1. The van der Waals surface area contributed by atoms with Crippen molar-refractivity contribution in [1.29, 1.82) is 0 Å². The van der Waals surface area contributed by atoms with Gasteiger partial charge in [-0.3, -0.25) is 9.36 Å². The van der Waals surface area contributed by atoms with Crippen molar-refractivity contribution in [2.45, 2.75) is 366 Å². The Balaban J connectivity index is 4.04. The summed E-state index contributed by atoms with van der Waals surface area (Å²) in [7, 11) is 1.27. The number of hydrogen-bond donors (Lipinski definition) is 2. The number of nitrogens with one attached hydrogen (secondary N) is 1. The number of likely N-dealkylation sites (N-methyl/N-ethyl adjacent to an activating group) is 1. The van der Waals surface area contributed by atoms with E-state index in [1.807, 2.05) is 27.2 Å². The summed E-state index contributed by atoms with van der Waals surface area (Å²) in [5.41, 5.74) is 0. The Morgan fingerprint density at radius 2 is 0.718 bits per heavy atom. The number of hydrogen-bond acceptors (Lipinski definition) is 6. The first-order valence-electron chi connectivity index (χ1n) is 36.8. The van der Waals surface area contributed by atoms with Gasteiger partial charge in [0.2, 0.25) is 5.91 Å². The van der Waals surface area contributed by atoms with E-state index in [2.05, 4.69) is 79.9 Å². The average molecular weight is 1210 g/mol. The van der Waals surface area contributed by atoms with E-state index in [9.17, 15) is 19.4 Å². The molecule has 0 heterocycles. The summed E-state index contributed by atoms with van der Waals surface area (Å²) < 4.78 is 23.5. The van der Waals surface area contributed by atoms with E-state index in [0.717, 1.165) is 70.6 Å². The fourth-order valence-electron chi connectivity index (χ4n) is 11.0. The van der Waals surface area contributed by atoms with Crippen molar-refractivity contribution >= 4 is 13.7 Å². The van der Waals surface area contributed by atoms with Crippen molar-refractivity contribution in [3.05, 3.63) is 72.9 Å². The summed E-state index contributed by atoms with van der Waals surface area (Å²) >= 11 is 0. The third-order valence-electron chi connectivity index (χ3n) is 16.7. The monoisotopic (exact) mass is 1210 g/mol. The maximum Gasteiger partial charge on any atom is 0.268 e. The number of nitrogens with zero attached hydrogens (tertiary/aromatic N) is 1. The highest BCUT2D eigenvalue weighted by Gasteiger charge is 2.23. The predicted octanol–water partition coefficient (Wildman–Crippen LogP) is 23.1. The standard InChI is InChI=1S/C76H143N2O6P/c1-6-8-10-12-14-16-18-20-22-24-26-28-30-32-34-36-38-40-41-43-45-47-49-51-53-55-57-59-61-63-65-67-69-75(79)74(73-84-85(81,82)83-72-71-78(3,4)5)77-76(80)70-68-66-64-62-60-58-56-54-52-50-48-46-44-42-39-37-35-33-31-29-27-25-23-21-19-17-15-13-11-9-7-2/h9,11,15,17,21,23,27,29,33,35,67,69,74-75,79H,6-8,10,12-14,16,18-20,22,24-26,28,30-32,34,36-66,68,70-73H2,1-5H3,(H-,77,80,81,82)/b11-9-,17-15-,23-21-,29-27-,35-33-,69-67+. The molecule has 0 aliphatic carbocycles. The molecule has 0 aromatic rings. The molecular weight excluding hydrogens is 1070 g/mol. The van der Waals surface area contributed by atoms with Gasteiger partial charge >= 0.3 is 0 Å². The number of carbonyl (C=O) groups excluding carboxylic acids is 1. The topological polar surface area (TPSA) is 108 Å². The van der Waals surface area contributed by atoms with E-state index in [4.69, 9.17) is 9.05 Å². The number of aliphatic hydroxyl groups excluding tert-OH is 1. The van der Waals surface area contributed by atoms with Gasteiger partial charge in [0.05, 0.1) is 39.9 Å². The molecule has 2 N–H and O–H groups in total. The molecule has 0 radical (unpaired) electrons. The number of allylic oxidation sites excluding steroid dienone is 11. The minimum Gasteiger partial charge on any atom is -0.756 e. The molecule has 1 amide bonds. The van der Waals surface area contributed by atoms with Crippen LogP contribution in [0.1, 0.15) is 354 Å². The molecular formula is C76H143N2O6P. The second-order valence-electron chi connectivity index (χ2n) is 26.3. The molecule has 0 aliphatic rings.